The Hall–Kier alpha value is -1.81. The lowest BCUT2D eigenvalue weighted by atomic mass is 10.2. The maximum Gasteiger partial charge on any atom is 0.349 e. The molecule has 27 heavy (non-hydrogen) atoms. The predicted molar refractivity (Wildman–Crippen MR) is 105 cm³/mol. The lowest BCUT2D eigenvalue weighted by Crippen LogP contribution is -2.48. The summed E-state index contributed by atoms with van der Waals surface area (Å²) in [5.41, 5.74) is 1.00. The molecule has 1 aromatic carbocycles. The number of nitrogens with zero attached hydrogens (tertiary/aromatic N) is 2. The quantitative estimate of drug-likeness (QED) is 0.679. The van der Waals surface area contributed by atoms with Gasteiger partial charge in [-0.15, -0.1) is 11.3 Å². The van der Waals surface area contributed by atoms with Crippen molar-refractivity contribution < 1.29 is 22.7 Å². The molecule has 7 nitrogen and oxygen atoms in total. The van der Waals surface area contributed by atoms with Crippen LogP contribution in [0.2, 0.25) is 4.34 Å². The van der Waals surface area contributed by atoms with Crippen LogP contribution in [0.5, 0.6) is 5.75 Å². The average molecular weight is 431 g/mol. The van der Waals surface area contributed by atoms with E-state index < -0.39 is 16.0 Å². The molecule has 0 spiro atoms. The molecule has 2 aromatic rings. The van der Waals surface area contributed by atoms with Gasteiger partial charge in [-0.2, -0.15) is 4.31 Å². The van der Waals surface area contributed by atoms with E-state index in [1.165, 1.54) is 17.5 Å². The van der Waals surface area contributed by atoms with E-state index in [1.807, 2.05) is 24.3 Å². The highest BCUT2D eigenvalue weighted by Crippen LogP contribution is 2.33. The average Bonchev–Trinajstić information content (AvgIpc) is 3.10. The fourth-order valence-corrected chi connectivity index (χ4v) is 6.02. The summed E-state index contributed by atoms with van der Waals surface area (Å²) in [6.07, 6.45) is 0. The van der Waals surface area contributed by atoms with Crippen LogP contribution >= 0.6 is 22.9 Å². The van der Waals surface area contributed by atoms with Crippen molar-refractivity contribution in [3.63, 3.8) is 0 Å². The van der Waals surface area contributed by atoms with Crippen LogP contribution in [0.25, 0.3) is 0 Å². The Bertz CT molecular complexity index is 919. The van der Waals surface area contributed by atoms with Gasteiger partial charge < -0.3 is 14.4 Å². The van der Waals surface area contributed by atoms with Crippen molar-refractivity contribution in [2.45, 2.75) is 4.90 Å². The third-order valence-corrected chi connectivity index (χ3v) is 7.63. The smallest absolute Gasteiger partial charge is 0.349 e. The number of benzene rings is 1. The fourth-order valence-electron chi connectivity index (χ4n) is 2.89. The first-order valence-corrected chi connectivity index (χ1v) is 10.8. The van der Waals surface area contributed by atoms with Gasteiger partial charge in [0, 0.05) is 31.9 Å². The summed E-state index contributed by atoms with van der Waals surface area (Å²) < 4.78 is 37.4. The van der Waals surface area contributed by atoms with Crippen LogP contribution in [0.15, 0.2) is 35.2 Å². The summed E-state index contributed by atoms with van der Waals surface area (Å²) in [4.78, 5) is 13.9. The molecule has 0 radical (unpaired) electrons. The largest absolute Gasteiger partial charge is 0.497 e. The number of rotatable bonds is 5. The van der Waals surface area contributed by atoms with E-state index >= 15 is 0 Å². The molecule has 3 rings (SSSR count). The van der Waals surface area contributed by atoms with Gasteiger partial charge in [0.05, 0.1) is 18.6 Å². The molecule has 1 aliphatic heterocycles. The minimum atomic E-state index is -3.83. The number of hydrogen-bond donors (Lipinski definition) is 0. The number of hydrogen-bond acceptors (Lipinski definition) is 7. The second-order valence-corrected chi connectivity index (χ2v) is 9.41. The van der Waals surface area contributed by atoms with Gasteiger partial charge in [0.1, 0.15) is 15.5 Å². The number of thiophene rings is 1. The van der Waals surface area contributed by atoms with Crippen molar-refractivity contribution in [2.75, 3.05) is 45.3 Å². The molecular weight excluding hydrogens is 412 g/mol. The molecule has 0 bridgehead atoms. The summed E-state index contributed by atoms with van der Waals surface area (Å²) in [5.74, 6) is 0.0620. The summed E-state index contributed by atoms with van der Waals surface area (Å²) in [7, 11) is -1.01. The molecule has 1 fully saturated rings. The lowest BCUT2D eigenvalue weighted by Gasteiger charge is -2.35. The molecule has 0 atom stereocenters. The van der Waals surface area contributed by atoms with Gasteiger partial charge in [-0.1, -0.05) is 11.6 Å². The van der Waals surface area contributed by atoms with E-state index in [-0.39, 0.29) is 14.1 Å². The van der Waals surface area contributed by atoms with Crippen molar-refractivity contribution in [1.82, 2.24) is 4.31 Å². The number of halogens is 1. The second kappa shape index (κ2) is 8.05. The SMILES string of the molecule is COC(=O)c1sc(Cl)cc1S(=O)(=O)N1CCN(c2ccc(OC)cc2)CC1. The maximum absolute atomic E-state index is 13.0. The van der Waals surface area contributed by atoms with Crippen LogP contribution in [-0.2, 0) is 14.8 Å². The van der Waals surface area contributed by atoms with Crippen LogP contribution in [0, 0.1) is 0 Å². The number of ether oxygens (including phenoxy) is 2. The van der Waals surface area contributed by atoms with E-state index in [0.29, 0.717) is 26.2 Å². The van der Waals surface area contributed by atoms with Crippen LogP contribution in [0.1, 0.15) is 9.67 Å². The minimum absolute atomic E-state index is 0.0000778. The zero-order valence-electron chi connectivity index (χ0n) is 14.8. The van der Waals surface area contributed by atoms with Crippen LogP contribution in [0.3, 0.4) is 0 Å². The van der Waals surface area contributed by atoms with Crippen molar-refractivity contribution >= 4 is 44.6 Å². The molecule has 0 unspecified atom stereocenters. The number of sulfonamides is 1. The van der Waals surface area contributed by atoms with E-state index in [2.05, 4.69) is 9.64 Å². The van der Waals surface area contributed by atoms with Gasteiger partial charge in [0.2, 0.25) is 10.0 Å². The Morgan fingerprint density at radius 3 is 2.30 bits per heavy atom. The van der Waals surface area contributed by atoms with E-state index in [0.717, 1.165) is 22.8 Å². The molecule has 1 aromatic heterocycles. The number of anilines is 1. The van der Waals surface area contributed by atoms with Gasteiger partial charge in [-0.25, -0.2) is 13.2 Å². The summed E-state index contributed by atoms with van der Waals surface area (Å²) >= 11 is 6.85. The molecule has 0 N–H and O–H groups in total. The van der Waals surface area contributed by atoms with Crippen LogP contribution in [0.4, 0.5) is 5.69 Å². The standard InChI is InChI=1S/C17H19ClN2O5S2/c1-24-13-5-3-12(4-6-13)19-7-9-20(10-8-19)27(22,23)14-11-15(18)26-16(14)17(21)25-2/h3-6,11H,7-10H2,1-2H3. The van der Waals surface area contributed by atoms with Crippen LogP contribution in [-0.4, -0.2) is 59.1 Å². The number of piperazine rings is 1. The van der Waals surface area contributed by atoms with E-state index in [9.17, 15) is 13.2 Å². The molecule has 2 heterocycles. The van der Waals surface area contributed by atoms with Gasteiger partial charge in [-0.05, 0) is 30.3 Å². The molecule has 146 valence electrons. The lowest BCUT2D eigenvalue weighted by molar-refractivity contribution is 0.0602. The zero-order chi connectivity index (χ0) is 19.6. The molecule has 0 amide bonds. The number of esters is 1. The van der Waals surface area contributed by atoms with Crippen molar-refractivity contribution in [2.24, 2.45) is 0 Å². The van der Waals surface area contributed by atoms with Crippen LogP contribution < -0.4 is 9.64 Å². The normalized spacial score (nSPS) is 15.6. The molecular formula is C17H19ClN2O5S2. The number of carbonyl (C=O) groups is 1. The first kappa shape index (κ1) is 19.9. The summed E-state index contributed by atoms with van der Waals surface area (Å²) in [6, 6.07) is 8.93. The Morgan fingerprint density at radius 1 is 1.11 bits per heavy atom. The zero-order valence-corrected chi connectivity index (χ0v) is 17.2. The Morgan fingerprint density at radius 2 is 1.74 bits per heavy atom. The molecule has 1 aliphatic rings. The van der Waals surface area contributed by atoms with Gasteiger partial charge in [-0.3, -0.25) is 0 Å². The monoisotopic (exact) mass is 430 g/mol. The van der Waals surface area contributed by atoms with Gasteiger partial charge in [0.25, 0.3) is 0 Å². The predicted octanol–water partition coefficient (Wildman–Crippen LogP) is 2.71. The second-order valence-electron chi connectivity index (χ2n) is 5.82. The minimum Gasteiger partial charge on any atom is -0.497 e. The molecule has 0 saturated carbocycles. The van der Waals surface area contributed by atoms with E-state index in [4.69, 9.17) is 16.3 Å². The highest BCUT2D eigenvalue weighted by atomic mass is 35.5. The van der Waals surface area contributed by atoms with Crippen molar-refractivity contribution in [3.8, 4) is 5.75 Å². The fraction of sp³-hybridized carbons (Fsp3) is 0.353. The van der Waals surface area contributed by atoms with Gasteiger partial charge in [0.15, 0.2) is 0 Å². The summed E-state index contributed by atoms with van der Waals surface area (Å²) in [6.45, 7) is 1.69. The first-order valence-electron chi connectivity index (χ1n) is 8.13. The van der Waals surface area contributed by atoms with Gasteiger partial charge >= 0.3 is 5.97 Å². The maximum atomic E-state index is 13.0. The van der Waals surface area contributed by atoms with Crippen molar-refractivity contribution in [3.05, 3.63) is 39.5 Å². The van der Waals surface area contributed by atoms with Crippen molar-refractivity contribution in [1.29, 1.82) is 0 Å². The highest BCUT2D eigenvalue weighted by molar-refractivity contribution is 7.89. The topological polar surface area (TPSA) is 76.2 Å². The number of carbonyl (C=O) groups excluding carboxylic acids is 1. The summed E-state index contributed by atoms with van der Waals surface area (Å²) in [5, 5.41) is 0. The Kier molecular flexibility index (Phi) is 5.95. The Balaban J connectivity index is 1.76. The molecule has 1 saturated heterocycles. The third-order valence-electron chi connectivity index (χ3n) is 4.33. The third kappa shape index (κ3) is 4.06. The Labute approximate surface area is 167 Å². The molecule has 0 aliphatic carbocycles. The van der Waals surface area contributed by atoms with E-state index in [1.54, 1.807) is 7.11 Å². The number of methoxy groups -OCH3 is 2. The highest BCUT2D eigenvalue weighted by Gasteiger charge is 2.34. The first-order chi connectivity index (χ1) is 12.9. The molecule has 10 heteroatoms.